The molecule has 120 valence electrons. The van der Waals surface area contributed by atoms with Crippen LogP contribution in [0.1, 0.15) is 25.7 Å². The quantitative estimate of drug-likeness (QED) is 0.880. The fraction of sp³-hybridized carbons (Fsp3) is 0.538. The highest BCUT2D eigenvalue weighted by Crippen LogP contribution is 2.30. The fourth-order valence-electron chi connectivity index (χ4n) is 2.54. The number of sulfonamides is 1. The summed E-state index contributed by atoms with van der Waals surface area (Å²) in [5.74, 6) is 0. The lowest BCUT2D eigenvalue weighted by Crippen LogP contribution is -2.44. The van der Waals surface area contributed by atoms with Crippen LogP contribution in [0.4, 0.5) is 0 Å². The standard InChI is InChI=1S/C13H18Cl2N2O2S.ClH/c14-12-5-4-11(9-13(12)15)20(18,19)17-8-2-1-3-10(17)6-7-16;/h4-5,9-10H,1-3,6-8,16H2;1H. The molecule has 2 rings (SSSR count). The van der Waals surface area contributed by atoms with Gasteiger partial charge in [-0.3, -0.25) is 0 Å². The average Bonchev–Trinajstić information content (AvgIpc) is 2.42. The molecule has 0 amide bonds. The summed E-state index contributed by atoms with van der Waals surface area (Å²) in [5.41, 5.74) is 5.59. The first-order valence-electron chi connectivity index (χ1n) is 6.64. The second kappa shape index (κ2) is 7.99. The van der Waals surface area contributed by atoms with Crippen molar-refractivity contribution in [2.75, 3.05) is 13.1 Å². The maximum absolute atomic E-state index is 12.7. The van der Waals surface area contributed by atoms with Crippen LogP contribution in [0.3, 0.4) is 0 Å². The summed E-state index contributed by atoms with van der Waals surface area (Å²) in [5, 5.41) is 0.600. The number of halogens is 3. The molecule has 1 heterocycles. The molecule has 0 saturated carbocycles. The Balaban J connectivity index is 0.00000220. The second-order valence-electron chi connectivity index (χ2n) is 4.92. The first-order valence-corrected chi connectivity index (χ1v) is 8.83. The second-order valence-corrected chi connectivity index (χ2v) is 7.62. The van der Waals surface area contributed by atoms with Crippen LogP contribution in [-0.4, -0.2) is 31.9 Å². The summed E-state index contributed by atoms with van der Waals surface area (Å²) >= 11 is 11.8. The molecule has 1 unspecified atom stereocenters. The molecule has 1 aromatic carbocycles. The fourth-order valence-corrected chi connectivity index (χ4v) is 4.66. The minimum atomic E-state index is -3.54. The van der Waals surface area contributed by atoms with Gasteiger partial charge in [-0.2, -0.15) is 4.31 Å². The number of nitrogens with zero attached hydrogens (tertiary/aromatic N) is 1. The Morgan fingerprint density at radius 2 is 1.95 bits per heavy atom. The van der Waals surface area contributed by atoms with Gasteiger partial charge in [0.15, 0.2) is 0 Å². The third kappa shape index (κ3) is 4.24. The molecule has 0 aliphatic carbocycles. The Kier molecular flexibility index (Phi) is 7.24. The van der Waals surface area contributed by atoms with Crippen molar-refractivity contribution in [1.82, 2.24) is 4.31 Å². The summed E-state index contributed by atoms with van der Waals surface area (Å²) in [7, 11) is -3.54. The largest absolute Gasteiger partial charge is 0.330 e. The van der Waals surface area contributed by atoms with Gasteiger partial charge in [0, 0.05) is 12.6 Å². The number of hydrogen-bond donors (Lipinski definition) is 1. The van der Waals surface area contributed by atoms with Crippen LogP contribution in [0.2, 0.25) is 10.0 Å². The van der Waals surface area contributed by atoms with E-state index in [0.717, 1.165) is 19.3 Å². The molecule has 0 radical (unpaired) electrons. The summed E-state index contributed by atoms with van der Waals surface area (Å²) in [6.07, 6.45) is 3.46. The number of hydrogen-bond acceptors (Lipinski definition) is 3. The van der Waals surface area contributed by atoms with Crippen molar-refractivity contribution in [1.29, 1.82) is 0 Å². The lowest BCUT2D eigenvalue weighted by atomic mass is 10.0. The van der Waals surface area contributed by atoms with E-state index in [0.29, 0.717) is 24.5 Å². The molecule has 1 aliphatic rings. The van der Waals surface area contributed by atoms with Crippen molar-refractivity contribution >= 4 is 45.6 Å². The molecular formula is C13H19Cl3N2O2S. The predicted molar refractivity (Wildman–Crippen MR) is 88.9 cm³/mol. The topological polar surface area (TPSA) is 63.4 Å². The van der Waals surface area contributed by atoms with Gasteiger partial charge in [0.2, 0.25) is 10.0 Å². The van der Waals surface area contributed by atoms with E-state index in [1.807, 2.05) is 0 Å². The van der Waals surface area contributed by atoms with Gasteiger partial charge in [0.05, 0.1) is 14.9 Å². The molecule has 0 bridgehead atoms. The number of rotatable bonds is 4. The van der Waals surface area contributed by atoms with E-state index in [2.05, 4.69) is 0 Å². The molecule has 4 nitrogen and oxygen atoms in total. The number of nitrogens with two attached hydrogens (primary N) is 1. The Hall–Kier alpha value is -0.0400. The van der Waals surface area contributed by atoms with Crippen LogP contribution in [0.15, 0.2) is 23.1 Å². The number of piperidine rings is 1. The molecule has 1 fully saturated rings. The predicted octanol–water partition coefficient (Wildman–Crippen LogP) is 3.31. The molecule has 2 N–H and O–H groups in total. The Morgan fingerprint density at radius 3 is 2.57 bits per heavy atom. The Morgan fingerprint density at radius 1 is 1.24 bits per heavy atom. The van der Waals surface area contributed by atoms with Crippen LogP contribution in [-0.2, 0) is 10.0 Å². The minimum absolute atomic E-state index is 0. The van der Waals surface area contributed by atoms with Gasteiger partial charge in [0.25, 0.3) is 0 Å². The van der Waals surface area contributed by atoms with Gasteiger partial charge < -0.3 is 5.73 Å². The molecule has 1 atom stereocenters. The lowest BCUT2D eigenvalue weighted by Gasteiger charge is -2.34. The summed E-state index contributed by atoms with van der Waals surface area (Å²) in [6, 6.07) is 4.40. The van der Waals surface area contributed by atoms with Gasteiger partial charge in [-0.1, -0.05) is 29.6 Å². The van der Waals surface area contributed by atoms with E-state index in [4.69, 9.17) is 28.9 Å². The zero-order valence-electron chi connectivity index (χ0n) is 11.5. The van der Waals surface area contributed by atoms with E-state index in [1.165, 1.54) is 18.2 Å². The zero-order valence-corrected chi connectivity index (χ0v) is 14.6. The van der Waals surface area contributed by atoms with Gasteiger partial charge in [0.1, 0.15) is 0 Å². The third-order valence-electron chi connectivity index (χ3n) is 3.57. The molecule has 21 heavy (non-hydrogen) atoms. The van der Waals surface area contributed by atoms with Gasteiger partial charge in [-0.25, -0.2) is 8.42 Å². The Labute approximate surface area is 142 Å². The van der Waals surface area contributed by atoms with Crippen LogP contribution in [0, 0.1) is 0 Å². The number of benzene rings is 1. The molecule has 0 aromatic heterocycles. The molecule has 0 spiro atoms. The SMILES string of the molecule is Cl.NCCC1CCCCN1S(=O)(=O)c1ccc(Cl)c(Cl)c1. The van der Waals surface area contributed by atoms with Crippen molar-refractivity contribution in [3.63, 3.8) is 0 Å². The molecule has 1 saturated heterocycles. The maximum Gasteiger partial charge on any atom is 0.243 e. The van der Waals surface area contributed by atoms with E-state index in [1.54, 1.807) is 4.31 Å². The average molecular weight is 374 g/mol. The van der Waals surface area contributed by atoms with Crippen LogP contribution >= 0.6 is 35.6 Å². The van der Waals surface area contributed by atoms with Crippen LogP contribution in [0.5, 0.6) is 0 Å². The van der Waals surface area contributed by atoms with Crippen molar-refractivity contribution in [3.05, 3.63) is 28.2 Å². The first-order chi connectivity index (χ1) is 9.46. The highest BCUT2D eigenvalue weighted by atomic mass is 35.5. The molecular weight excluding hydrogens is 355 g/mol. The van der Waals surface area contributed by atoms with E-state index in [9.17, 15) is 8.42 Å². The van der Waals surface area contributed by atoms with Crippen molar-refractivity contribution in [2.45, 2.75) is 36.6 Å². The molecule has 1 aromatic rings. The van der Waals surface area contributed by atoms with Gasteiger partial charge in [-0.05, 0) is 44.0 Å². The highest BCUT2D eigenvalue weighted by molar-refractivity contribution is 7.89. The maximum atomic E-state index is 12.7. The molecule has 1 aliphatic heterocycles. The first kappa shape index (κ1) is 19.0. The zero-order chi connectivity index (χ0) is 14.8. The van der Waals surface area contributed by atoms with E-state index in [-0.39, 0.29) is 28.4 Å². The summed E-state index contributed by atoms with van der Waals surface area (Å²) in [6.45, 7) is 1.02. The van der Waals surface area contributed by atoms with Gasteiger partial charge in [-0.15, -0.1) is 12.4 Å². The minimum Gasteiger partial charge on any atom is -0.330 e. The van der Waals surface area contributed by atoms with Crippen LogP contribution in [0.25, 0.3) is 0 Å². The monoisotopic (exact) mass is 372 g/mol. The third-order valence-corrected chi connectivity index (χ3v) is 6.26. The summed E-state index contributed by atoms with van der Waals surface area (Å²) < 4.78 is 27.0. The van der Waals surface area contributed by atoms with E-state index < -0.39 is 10.0 Å². The normalized spacial score (nSPS) is 20.0. The van der Waals surface area contributed by atoms with Crippen molar-refractivity contribution in [3.8, 4) is 0 Å². The van der Waals surface area contributed by atoms with Crippen molar-refractivity contribution < 1.29 is 8.42 Å². The van der Waals surface area contributed by atoms with Crippen LogP contribution < -0.4 is 5.73 Å². The van der Waals surface area contributed by atoms with E-state index >= 15 is 0 Å². The lowest BCUT2D eigenvalue weighted by molar-refractivity contribution is 0.243. The van der Waals surface area contributed by atoms with Gasteiger partial charge >= 0.3 is 0 Å². The van der Waals surface area contributed by atoms with Crippen molar-refractivity contribution in [2.24, 2.45) is 5.73 Å². The Bertz CT molecular complexity index is 579. The molecule has 8 heteroatoms. The smallest absolute Gasteiger partial charge is 0.243 e. The highest BCUT2D eigenvalue weighted by Gasteiger charge is 2.33. The summed E-state index contributed by atoms with van der Waals surface area (Å²) in [4.78, 5) is 0.191.